The van der Waals surface area contributed by atoms with Gasteiger partial charge >= 0.3 is 0 Å². The first kappa shape index (κ1) is 21.5. The molecule has 2 heterocycles. The Morgan fingerprint density at radius 3 is 2.64 bits per heavy atom. The highest BCUT2D eigenvalue weighted by Gasteiger charge is 2.14. The maximum absolute atomic E-state index is 12.3. The first-order chi connectivity index (χ1) is 12.9. The lowest BCUT2D eigenvalue weighted by atomic mass is 10.1. The average molecular weight is 403 g/mol. The van der Waals surface area contributed by atoms with Crippen LogP contribution in [0.2, 0.25) is 0 Å². The van der Waals surface area contributed by atoms with Crippen molar-refractivity contribution >= 4 is 35.6 Å². The van der Waals surface area contributed by atoms with Crippen molar-refractivity contribution in [1.82, 2.24) is 19.6 Å². The molecule has 0 unspecified atom stereocenters. The second-order valence-corrected chi connectivity index (χ2v) is 6.39. The number of ketones is 1. The smallest absolute Gasteiger partial charge is 0.252 e. The maximum Gasteiger partial charge on any atom is 0.252 e. The summed E-state index contributed by atoms with van der Waals surface area (Å²) >= 11 is 0. The standard InChI is InChI=1S/C19H22N6O2.ClH/c1-11-16(12(2)25-19(21-11)23-17(10-20)24-25)7-8-18(27)22-15-6-4-5-14(9-15)13(3)26;/h4-6,9H,7-8,10,20H2,1-3H3,(H,22,27);1H. The second-order valence-electron chi connectivity index (χ2n) is 6.39. The van der Waals surface area contributed by atoms with Gasteiger partial charge in [-0.3, -0.25) is 9.59 Å². The highest BCUT2D eigenvalue weighted by Crippen LogP contribution is 2.17. The zero-order valence-electron chi connectivity index (χ0n) is 16.0. The van der Waals surface area contributed by atoms with Gasteiger partial charge in [0.25, 0.3) is 5.78 Å². The van der Waals surface area contributed by atoms with E-state index in [1.165, 1.54) is 6.92 Å². The zero-order valence-corrected chi connectivity index (χ0v) is 16.8. The third kappa shape index (κ3) is 4.52. The minimum absolute atomic E-state index is 0. The highest BCUT2D eigenvalue weighted by atomic mass is 35.5. The van der Waals surface area contributed by atoms with Crippen LogP contribution in [0.4, 0.5) is 5.69 Å². The van der Waals surface area contributed by atoms with E-state index in [2.05, 4.69) is 20.4 Å². The number of carbonyl (C=O) groups excluding carboxylic acids is 2. The van der Waals surface area contributed by atoms with Crippen LogP contribution in [-0.2, 0) is 17.8 Å². The fourth-order valence-electron chi connectivity index (χ4n) is 2.98. The summed E-state index contributed by atoms with van der Waals surface area (Å²) in [5.74, 6) is 0.877. The molecule has 28 heavy (non-hydrogen) atoms. The molecule has 2 aromatic heterocycles. The normalized spacial score (nSPS) is 10.6. The molecule has 9 heteroatoms. The Labute approximate surface area is 169 Å². The zero-order chi connectivity index (χ0) is 19.6. The number of nitrogens with zero attached hydrogens (tertiary/aromatic N) is 4. The van der Waals surface area contributed by atoms with E-state index >= 15 is 0 Å². The van der Waals surface area contributed by atoms with Crippen LogP contribution in [0, 0.1) is 13.8 Å². The van der Waals surface area contributed by atoms with E-state index in [4.69, 9.17) is 5.73 Å². The summed E-state index contributed by atoms with van der Waals surface area (Å²) in [6, 6.07) is 6.91. The van der Waals surface area contributed by atoms with Gasteiger partial charge in [-0.2, -0.15) is 4.98 Å². The van der Waals surface area contributed by atoms with Gasteiger partial charge in [-0.05, 0) is 44.9 Å². The fourth-order valence-corrected chi connectivity index (χ4v) is 2.98. The number of amides is 1. The van der Waals surface area contributed by atoms with Crippen molar-refractivity contribution in [2.45, 2.75) is 40.2 Å². The molecule has 0 fully saturated rings. The minimum Gasteiger partial charge on any atom is -0.326 e. The number of hydrogen-bond acceptors (Lipinski definition) is 6. The number of Topliss-reactive ketones (excluding diaryl/α,β-unsaturated/α-hetero) is 1. The number of aromatic nitrogens is 4. The molecule has 0 aliphatic carbocycles. The summed E-state index contributed by atoms with van der Waals surface area (Å²) in [5, 5.41) is 7.17. The van der Waals surface area contributed by atoms with Gasteiger partial charge in [-0.25, -0.2) is 9.50 Å². The summed E-state index contributed by atoms with van der Waals surface area (Å²) in [4.78, 5) is 32.5. The number of hydrogen-bond donors (Lipinski definition) is 2. The Hall–Kier alpha value is -2.84. The van der Waals surface area contributed by atoms with Crippen molar-refractivity contribution in [2.24, 2.45) is 5.73 Å². The number of nitrogens with two attached hydrogens (primary N) is 1. The van der Waals surface area contributed by atoms with Gasteiger partial charge < -0.3 is 11.1 Å². The predicted octanol–water partition coefficient (Wildman–Crippen LogP) is 2.40. The maximum atomic E-state index is 12.3. The van der Waals surface area contributed by atoms with E-state index in [-0.39, 0.29) is 37.1 Å². The Balaban J connectivity index is 0.00000280. The molecular weight excluding hydrogens is 380 g/mol. The number of aryl methyl sites for hydroxylation is 2. The molecule has 0 atom stereocenters. The number of halogens is 1. The van der Waals surface area contributed by atoms with Gasteiger partial charge in [0.1, 0.15) is 0 Å². The number of fused-ring (bicyclic) bond motifs is 1. The molecule has 0 radical (unpaired) electrons. The van der Waals surface area contributed by atoms with Crippen molar-refractivity contribution in [2.75, 3.05) is 5.32 Å². The minimum atomic E-state index is -0.129. The molecule has 0 saturated heterocycles. The Morgan fingerprint density at radius 1 is 1.21 bits per heavy atom. The molecule has 3 aromatic rings. The summed E-state index contributed by atoms with van der Waals surface area (Å²) in [6.45, 7) is 5.57. The van der Waals surface area contributed by atoms with E-state index in [1.54, 1.807) is 28.8 Å². The van der Waals surface area contributed by atoms with E-state index < -0.39 is 0 Å². The summed E-state index contributed by atoms with van der Waals surface area (Å²) in [6.07, 6.45) is 0.814. The molecule has 8 nitrogen and oxygen atoms in total. The van der Waals surface area contributed by atoms with Crippen molar-refractivity contribution in [3.63, 3.8) is 0 Å². The van der Waals surface area contributed by atoms with Gasteiger partial charge in [-0.1, -0.05) is 12.1 Å². The van der Waals surface area contributed by atoms with Gasteiger partial charge in [-0.15, -0.1) is 17.5 Å². The van der Waals surface area contributed by atoms with Crippen LogP contribution < -0.4 is 11.1 Å². The molecule has 0 aliphatic rings. The average Bonchev–Trinajstić information content (AvgIpc) is 3.05. The Morgan fingerprint density at radius 2 is 1.96 bits per heavy atom. The van der Waals surface area contributed by atoms with Crippen LogP contribution in [-0.4, -0.2) is 31.3 Å². The lowest BCUT2D eigenvalue weighted by molar-refractivity contribution is -0.116. The number of carbonyl (C=O) groups is 2. The Kier molecular flexibility index (Phi) is 6.82. The first-order valence-corrected chi connectivity index (χ1v) is 8.71. The molecule has 0 aliphatic heterocycles. The van der Waals surface area contributed by atoms with Crippen molar-refractivity contribution in [1.29, 1.82) is 0 Å². The SMILES string of the molecule is CC(=O)c1cccc(NC(=O)CCc2c(C)nc3nc(CN)nn3c2C)c1.Cl. The molecule has 3 rings (SSSR count). The highest BCUT2D eigenvalue weighted by molar-refractivity contribution is 5.97. The fraction of sp³-hybridized carbons (Fsp3) is 0.316. The lowest BCUT2D eigenvalue weighted by Gasteiger charge is -2.11. The molecule has 0 spiro atoms. The molecule has 0 bridgehead atoms. The second kappa shape index (κ2) is 8.90. The van der Waals surface area contributed by atoms with Crippen molar-refractivity contribution in [3.8, 4) is 0 Å². The number of anilines is 1. The number of rotatable bonds is 6. The Bertz CT molecular complexity index is 1030. The molecular formula is C19H23ClN6O2. The van der Waals surface area contributed by atoms with Gasteiger partial charge in [0.15, 0.2) is 11.6 Å². The van der Waals surface area contributed by atoms with Crippen LogP contribution in [0.1, 0.15) is 46.5 Å². The third-order valence-corrected chi connectivity index (χ3v) is 4.43. The largest absolute Gasteiger partial charge is 0.326 e. The lowest BCUT2D eigenvalue weighted by Crippen LogP contribution is -2.14. The van der Waals surface area contributed by atoms with Gasteiger partial charge in [0.05, 0.1) is 6.54 Å². The molecule has 1 aromatic carbocycles. The number of nitrogens with one attached hydrogen (secondary N) is 1. The van der Waals surface area contributed by atoms with E-state index in [0.29, 0.717) is 29.3 Å². The van der Waals surface area contributed by atoms with Crippen LogP contribution in [0.25, 0.3) is 5.78 Å². The van der Waals surface area contributed by atoms with Gasteiger partial charge in [0.2, 0.25) is 5.91 Å². The van der Waals surface area contributed by atoms with E-state index in [9.17, 15) is 9.59 Å². The first-order valence-electron chi connectivity index (χ1n) is 8.71. The topological polar surface area (TPSA) is 115 Å². The van der Waals surface area contributed by atoms with Crippen LogP contribution in [0.3, 0.4) is 0 Å². The van der Waals surface area contributed by atoms with Crippen molar-refractivity contribution in [3.05, 3.63) is 52.6 Å². The molecule has 1 amide bonds. The van der Waals surface area contributed by atoms with Crippen LogP contribution in [0.15, 0.2) is 24.3 Å². The van der Waals surface area contributed by atoms with Crippen LogP contribution in [0.5, 0.6) is 0 Å². The quantitative estimate of drug-likeness (QED) is 0.611. The monoisotopic (exact) mass is 402 g/mol. The summed E-state index contributed by atoms with van der Waals surface area (Å²) in [5.41, 5.74) is 9.46. The third-order valence-electron chi connectivity index (χ3n) is 4.43. The molecule has 0 saturated carbocycles. The van der Waals surface area contributed by atoms with Crippen LogP contribution >= 0.6 is 12.4 Å². The van der Waals surface area contributed by atoms with E-state index in [0.717, 1.165) is 17.0 Å². The van der Waals surface area contributed by atoms with Gasteiger partial charge in [0, 0.05) is 29.1 Å². The molecule has 3 N–H and O–H groups in total. The summed E-state index contributed by atoms with van der Waals surface area (Å²) < 4.78 is 1.67. The van der Waals surface area contributed by atoms with E-state index in [1.807, 2.05) is 13.8 Å². The van der Waals surface area contributed by atoms with Crippen molar-refractivity contribution < 1.29 is 9.59 Å². The predicted molar refractivity (Wildman–Crippen MR) is 109 cm³/mol. The summed E-state index contributed by atoms with van der Waals surface area (Å²) in [7, 11) is 0. The number of benzene rings is 1. The molecule has 148 valence electrons.